The van der Waals surface area contributed by atoms with Gasteiger partial charge in [0.1, 0.15) is 6.61 Å². The predicted molar refractivity (Wildman–Crippen MR) is 71.9 cm³/mol. The Morgan fingerprint density at radius 1 is 1.39 bits per heavy atom. The van der Waals surface area contributed by atoms with Gasteiger partial charge in [-0.2, -0.15) is 0 Å². The van der Waals surface area contributed by atoms with Gasteiger partial charge in [0, 0.05) is 17.1 Å². The molecule has 0 aromatic heterocycles. The minimum absolute atomic E-state index is 0.0252. The molecule has 0 amide bonds. The van der Waals surface area contributed by atoms with Gasteiger partial charge in [-0.15, -0.1) is 0 Å². The third-order valence-corrected chi connectivity index (χ3v) is 2.37. The smallest absolute Gasteiger partial charge is 0.191 e. The van der Waals surface area contributed by atoms with Crippen LogP contribution in [0.3, 0.4) is 0 Å². The quantitative estimate of drug-likeness (QED) is 0.862. The molecular weight excluding hydrogens is 304 g/mol. The zero-order valence-corrected chi connectivity index (χ0v) is 12.0. The van der Waals surface area contributed by atoms with Gasteiger partial charge in [-0.1, -0.05) is 36.4 Å². The van der Waals surface area contributed by atoms with Gasteiger partial charge in [0.25, 0.3) is 0 Å². The van der Waals surface area contributed by atoms with Crippen LogP contribution in [0.5, 0.6) is 5.75 Å². The highest BCUT2D eigenvalue weighted by atomic mass is 79.9. The van der Waals surface area contributed by atoms with Crippen LogP contribution in [-0.2, 0) is 6.54 Å². The Balaban J connectivity index is 2.80. The molecule has 1 aromatic rings. The Bertz CT molecular complexity index is 412. The van der Waals surface area contributed by atoms with Gasteiger partial charge in [-0.3, -0.25) is 0 Å². The van der Waals surface area contributed by atoms with E-state index in [4.69, 9.17) is 4.74 Å². The summed E-state index contributed by atoms with van der Waals surface area (Å²) in [5.74, 6) is -1.78. The summed E-state index contributed by atoms with van der Waals surface area (Å²) < 4.78 is 32.8. The standard InChI is InChI=1S/C13H16BrF2NO/c1-8(2)17-6-10-4-11(15)13(12(16)5-10)18-7-9(3)14/h4-5,8,17H,3,6-7H2,1-2H3. The second-order valence-electron chi connectivity index (χ2n) is 4.23. The number of nitrogens with one attached hydrogen (secondary N) is 1. The summed E-state index contributed by atoms with van der Waals surface area (Å²) in [6.07, 6.45) is 0. The monoisotopic (exact) mass is 319 g/mol. The number of hydrogen-bond donors (Lipinski definition) is 1. The molecule has 0 radical (unpaired) electrons. The van der Waals surface area contributed by atoms with Crippen LogP contribution in [0.25, 0.3) is 0 Å². The molecule has 0 aliphatic heterocycles. The van der Waals surface area contributed by atoms with Gasteiger partial charge >= 0.3 is 0 Å². The summed E-state index contributed by atoms with van der Waals surface area (Å²) in [5.41, 5.74) is 0.545. The van der Waals surface area contributed by atoms with Crippen molar-refractivity contribution in [3.8, 4) is 5.75 Å². The Labute approximate surface area is 114 Å². The van der Waals surface area contributed by atoms with Gasteiger partial charge in [-0.25, -0.2) is 8.78 Å². The van der Waals surface area contributed by atoms with Gasteiger partial charge < -0.3 is 10.1 Å². The van der Waals surface area contributed by atoms with Gasteiger partial charge in [-0.05, 0) is 17.7 Å². The molecule has 0 bridgehead atoms. The van der Waals surface area contributed by atoms with Crippen LogP contribution < -0.4 is 10.1 Å². The lowest BCUT2D eigenvalue weighted by molar-refractivity contribution is 0.318. The second kappa shape index (κ2) is 6.85. The molecule has 0 fully saturated rings. The van der Waals surface area contributed by atoms with E-state index in [-0.39, 0.29) is 18.4 Å². The summed E-state index contributed by atoms with van der Waals surface area (Å²) >= 11 is 3.06. The molecule has 2 nitrogen and oxygen atoms in total. The lowest BCUT2D eigenvalue weighted by Crippen LogP contribution is -2.22. The average molecular weight is 320 g/mol. The normalized spacial score (nSPS) is 10.8. The molecule has 0 saturated carbocycles. The lowest BCUT2D eigenvalue weighted by atomic mass is 10.2. The summed E-state index contributed by atoms with van der Waals surface area (Å²) in [6, 6.07) is 2.79. The topological polar surface area (TPSA) is 21.3 Å². The van der Waals surface area contributed by atoms with Gasteiger partial charge in [0.2, 0.25) is 0 Å². The molecule has 0 saturated heterocycles. The summed E-state index contributed by atoms with van der Waals surface area (Å²) in [7, 11) is 0. The zero-order chi connectivity index (χ0) is 13.7. The minimum Gasteiger partial charge on any atom is -0.482 e. The van der Waals surface area contributed by atoms with Crippen LogP contribution in [0.4, 0.5) is 8.78 Å². The van der Waals surface area contributed by atoms with E-state index in [1.165, 1.54) is 12.1 Å². The molecule has 0 heterocycles. The second-order valence-corrected chi connectivity index (χ2v) is 5.35. The summed E-state index contributed by atoms with van der Waals surface area (Å²) in [6.45, 7) is 7.90. The number of benzene rings is 1. The Morgan fingerprint density at radius 2 is 1.94 bits per heavy atom. The van der Waals surface area contributed by atoms with E-state index in [1.807, 2.05) is 13.8 Å². The molecule has 18 heavy (non-hydrogen) atoms. The van der Waals surface area contributed by atoms with Crippen molar-refractivity contribution < 1.29 is 13.5 Å². The van der Waals surface area contributed by atoms with Crippen molar-refractivity contribution in [1.82, 2.24) is 5.32 Å². The van der Waals surface area contributed by atoms with Crippen molar-refractivity contribution >= 4 is 15.9 Å². The first-order valence-electron chi connectivity index (χ1n) is 5.57. The fourth-order valence-corrected chi connectivity index (χ4v) is 1.44. The van der Waals surface area contributed by atoms with Crippen molar-refractivity contribution in [2.45, 2.75) is 26.4 Å². The first kappa shape index (κ1) is 15.1. The van der Waals surface area contributed by atoms with E-state index in [0.717, 1.165) is 0 Å². The van der Waals surface area contributed by atoms with Crippen LogP contribution in [0.2, 0.25) is 0 Å². The predicted octanol–water partition coefficient (Wildman–Crippen LogP) is 3.75. The van der Waals surface area contributed by atoms with E-state index in [1.54, 1.807) is 0 Å². The van der Waals surface area contributed by atoms with Crippen LogP contribution in [-0.4, -0.2) is 12.6 Å². The third kappa shape index (κ3) is 4.74. The molecule has 1 aromatic carbocycles. The Morgan fingerprint density at radius 3 is 2.39 bits per heavy atom. The van der Waals surface area contributed by atoms with E-state index in [0.29, 0.717) is 16.6 Å². The largest absolute Gasteiger partial charge is 0.482 e. The molecule has 0 unspecified atom stereocenters. The highest BCUT2D eigenvalue weighted by Gasteiger charge is 2.13. The Kier molecular flexibility index (Phi) is 5.75. The van der Waals surface area contributed by atoms with Crippen LogP contribution in [0.1, 0.15) is 19.4 Å². The molecule has 0 aliphatic rings. The molecule has 0 spiro atoms. The molecule has 1 rings (SSSR count). The highest BCUT2D eigenvalue weighted by molar-refractivity contribution is 9.11. The number of ether oxygens (including phenoxy) is 1. The highest BCUT2D eigenvalue weighted by Crippen LogP contribution is 2.24. The molecule has 100 valence electrons. The van der Waals surface area contributed by atoms with Crippen molar-refractivity contribution in [2.24, 2.45) is 0 Å². The molecular formula is C13H16BrF2NO. The molecule has 5 heteroatoms. The average Bonchev–Trinajstić information content (AvgIpc) is 2.24. The van der Waals surface area contributed by atoms with Crippen LogP contribution in [0.15, 0.2) is 23.2 Å². The van der Waals surface area contributed by atoms with Crippen molar-refractivity contribution in [1.29, 1.82) is 0 Å². The van der Waals surface area contributed by atoms with E-state index in [2.05, 4.69) is 27.8 Å². The maximum atomic E-state index is 13.6. The summed E-state index contributed by atoms with van der Waals surface area (Å²) in [5, 5.41) is 3.09. The lowest BCUT2D eigenvalue weighted by Gasteiger charge is -2.11. The van der Waals surface area contributed by atoms with Crippen molar-refractivity contribution in [2.75, 3.05) is 6.61 Å². The fraction of sp³-hybridized carbons (Fsp3) is 0.385. The number of hydrogen-bond acceptors (Lipinski definition) is 2. The molecule has 0 aliphatic carbocycles. The SMILES string of the molecule is C=C(Br)COc1c(F)cc(CNC(C)C)cc1F. The number of rotatable bonds is 6. The molecule has 1 N–H and O–H groups in total. The first-order chi connectivity index (χ1) is 8.40. The van der Waals surface area contributed by atoms with E-state index in [9.17, 15) is 8.78 Å². The van der Waals surface area contributed by atoms with Crippen molar-refractivity contribution in [3.63, 3.8) is 0 Å². The van der Waals surface area contributed by atoms with E-state index < -0.39 is 11.6 Å². The maximum Gasteiger partial charge on any atom is 0.191 e. The summed E-state index contributed by atoms with van der Waals surface area (Å²) in [4.78, 5) is 0. The van der Waals surface area contributed by atoms with Crippen LogP contribution in [0, 0.1) is 11.6 Å². The van der Waals surface area contributed by atoms with E-state index >= 15 is 0 Å². The maximum absolute atomic E-state index is 13.6. The molecule has 0 atom stereocenters. The first-order valence-corrected chi connectivity index (χ1v) is 6.37. The van der Waals surface area contributed by atoms with Gasteiger partial charge in [0.05, 0.1) is 0 Å². The fourth-order valence-electron chi connectivity index (χ4n) is 1.32. The minimum atomic E-state index is -0.704. The zero-order valence-electron chi connectivity index (χ0n) is 10.4. The third-order valence-electron chi connectivity index (χ3n) is 2.15. The van der Waals surface area contributed by atoms with Gasteiger partial charge in [0.15, 0.2) is 17.4 Å². The van der Waals surface area contributed by atoms with Crippen molar-refractivity contribution in [3.05, 3.63) is 40.4 Å². The van der Waals surface area contributed by atoms with Crippen LogP contribution >= 0.6 is 15.9 Å². The Hall–Kier alpha value is -0.940. The number of halogens is 3.